The summed E-state index contributed by atoms with van der Waals surface area (Å²) >= 11 is 3.29. The Kier molecular flexibility index (Phi) is 6.22. The van der Waals surface area contributed by atoms with Gasteiger partial charge in [0.15, 0.2) is 0 Å². The minimum absolute atomic E-state index is 0.162. The van der Waals surface area contributed by atoms with E-state index in [1.54, 1.807) is 19.1 Å². The second-order valence-electron chi connectivity index (χ2n) is 5.85. The number of rotatable bonds is 6. The number of anilines is 1. The maximum atomic E-state index is 12.6. The van der Waals surface area contributed by atoms with E-state index in [0.717, 1.165) is 0 Å². The van der Waals surface area contributed by atoms with Gasteiger partial charge in [0, 0.05) is 22.7 Å². The van der Waals surface area contributed by atoms with Crippen LogP contribution in [-0.2, 0) is 10.0 Å². The molecule has 0 saturated carbocycles. The number of nitrogens with two attached hydrogens (primary N) is 1. The van der Waals surface area contributed by atoms with Gasteiger partial charge in [0.25, 0.3) is 0 Å². The number of hydrogen-bond acceptors (Lipinski definition) is 4. The molecule has 0 spiro atoms. The lowest BCUT2D eigenvalue weighted by atomic mass is 10.1. The number of likely N-dealkylation sites (N-methyl/N-ethyl adjacent to an activating group) is 1. The normalized spacial score (nSPS) is 13.9. The molecule has 0 aliphatic carbocycles. The Morgan fingerprint density at radius 2 is 1.90 bits per heavy atom. The van der Waals surface area contributed by atoms with Crippen molar-refractivity contribution in [1.82, 2.24) is 9.62 Å². The van der Waals surface area contributed by atoms with E-state index >= 15 is 0 Å². The van der Waals surface area contributed by atoms with Gasteiger partial charge in [-0.1, -0.05) is 29.8 Å². The zero-order valence-corrected chi connectivity index (χ0v) is 15.5. The van der Waals surface area contributed by atoms with Crippen molar-refractivity contribution in [3.63, 3.8) is 0 Å². The summed E-state index contributed by atoms with van der Waals surface area (Å²) in [5, 5.41) is 0. The second-order valence-corrected chi connectivity index (χ2v) is 8.45. The summed E-state index contributed by atoms with van der Waals surface area (Å²) in [6, 6.07) is 3.12. The third-order valence-electron chi connectivity index (χ3n) is 3.33. The molecule has 1 atom stereocenters. The average molecular weight is 378 g/mol. The zero-order valence-electron chi connectivity index (χ0n) is 13.1. The summed E-state index contributed by atoms with van der Waals surface area (Å²) in [6.07, 6.45) is 0. The van der Waals surface area contributed by atoms with E-state index in [4.69, 9.17) is 5.73 Å². The molecule has 1 aromatic rings. The van der Waals surface area contributed by atoms with Gasteiger partial charge in [-0.3, -0.25) is 0 Å². The van der Waals surface area contributed by atoms with Crippen LogP contribution in [-0.4, -0.2) is 40.0 Å². The van der Waals surface area contributed by atoms with Gasteiger partial charge < -0.3 is 10.6 Å². The average Bonchev–Trinajstić information content (AvgIpc) is 2.31. The Morgan fingerprint density at radius 1 is 1.33 bits per heavy atom. The molecule has 7 heteroatoms. The van der Waals surface area contributed by atoms with Crippen molar-refractivity contribution in [2.24, 2.45) is 5.92 Å². The molecule has 0 aliphatic rings. The summed E-state index contributed by atoms with van der Waals surface area (Å²) < 4.78 is 28.7. The first-order valence-electron chi connectivity index (χ1n) is 6.77. The van der Waals surface area contributed by atoms with E-state index in [1.807, 2.05) is 32.8 Å². The van der Waals surface area contributed by atoms with Crippen LogP contribution in [0.5, 0.6) is 0 Å². The van der Waals surface area contributed by atoms with E-state index in [9.17, 15) is 8.42 Å². The Hall–Kier alpha value is -0.630. The quantitative estimate of drug-likeness (QED) is 0.745. The van der Waals surface area contributed by atoms with Gasteiger partial charge in [-0.05, 0) is 44.6 Å². The maximum absolute atomic E-state index is 12.6. The number of benzene rings is 1. The van der Waals surface area contributed by atoms with Gasteiger partial charge in [0.2, 0.25) is 10.0 Å². The van der Waals surface area contributed by atoms with Gasteiger partial charge in [-0.2, -0.15) is 0 Å². The number of nitrogens with one attached hydrogen (secondary N) is 1. The minimum Gasteiger partial charge on any atom is -0.398 e. The molecule has 0 aliphatic heterocycles. The van der Waals surface area contributed by atoms with Crippen LogP contribution in [0.2, 0.25) is 0 Å². The first-order valence-corrected chi connectivity index (χ1v) is 9.05. The van der Waals surface area contributed by atoms with E-state index < -0.39 is 10.0 Å². The van der Waals surface area contributed by atoms with Gasteiger partial charge in [-0.25, -0.2) is 13.1 Å². The molecule has 1 aromatic carbocycles. The molecule has 1 unspecified atom stereocenters. The van der Waals surface area contributed by atoms with Crippen molar-refractivity contribution in [2.75, 3.05) is 26.4 Å². The summed E-state index contributed by atoms with van der Waals surface area (Å²) in [7, 11) is 0.233. The van der Waals surface area contributed by atoms with Crippen molar-refractivity contribution >= 4 is 31.6 Å². The Labute approximate surface area is 136 Å². The van der Waals surface area contributed by atoms with E-state index in [-0.39, 0.29) is 16.9 Å². The van der Waals surface area contributed by atoms with Crippen molar-refractivity contribution < 1.29 is 8.42 Å². The third kappa shape index (κ3) is 4.95. The van der Waals surface area contributed by atoms with E-state index in [1.165, 1.54) is 0 Å². The molecule has 0 amide bonds. The van der Waals surface area contributed by atoms with Crippen LogP contribution in [0, 0.1) is 12.8 Å². The highest BCUT2D eigenvalue weighted by molar-refractivity contribution is 9.10. The fourth-order valence-electron chi connectivity index (χ4n) is 1.99. The second kappa shape index (κ2) is 7.09. The molecule has 0 saturated heterocycles. The van der Waals surface area contributed by atoms with Crippen LogP contribution in [0.25, 0.3) is 0 Å². The maximum Gasteiger partial charge on any atom is 0.241 e. The molecule has 3 N–H and O–H groups in total. The molecule has 21 heavy (non-hydrogen) atoms. The first kappa shape index (κ1) is 18.4. The molecule has 120 valence electrons. The van der Waals surface area contributed by atoms with Crippen LogP contribution in [0.1, 0.15) is 19.4 Å². The van der Waals surface area contributed by atoms with Crippen LogP contribution in [0.15, 0.2) is 21.5 Å². The van der Waals surface area contributed by atoms with Gasteiger partial charge >= 0.3 is 0 Å². The van der Waals surface area contributed by atoms with Crippen molar-refractivity contribution in [1.29, 1.82) is 0 Å². The Morgan fingerprint density at radius 3 is 2.38 bits per heavy atom. The Bertz CT molecular complexity index is 600. The topological polar surface area (TPSA) is 75.4 Å². The van der Waals surface area contributed by atoms with Gasteiger partial charge in [-0.15, -0.1) is 0 Å². The van der Waals surface area contributed by atoms with Gasteiger partial charge in [0.05, 0.1) is 4.90 Å². The molecule has 0 aromatic heterocycles. The highest BCUT2D eigenvalue weighted by Crippen LogP contribution is 2.26. The predicted octanol–water partition coefficient (Wildman–Crippen LogP) is 2.20. The zero-order chi connectivity index (χ0) is 16.4. The summed E-state index contributed by atoms with van der Waals surface area (Å²) in [5.74, 6) is 0.187. The van der Waals surface area contributed by atoms with Crippen LogP contribution in [0.4, 0.5) is 5.69 Å². The lowest BCUT2D eigenvalue weighted by Crippen LogP contribution is -2.45. The molecule has 0 bridgehead atoms. The van der Waals surface area contributed by atoms with Crippen molar-refractivity contribution in [2.45, 2.75) is 31.7 Å². The first-order chi connectivity index (χ1) is 9.54. The van der Waals surface area contributed by atoms with E-state index in [2.05, 4.69) is 20.7 Å². The van der Waals surface area contributed by atoms with E-state index in [0.29, 0.717) is 22.3 Å². The van der Waals surface area contributed by atoms with Crippen LogP contribution < -0.4 is 10.5 Å². The fraction of sp³-hybridized carbons (Fsp3) is 0.571. The predicted molar refractivity (Wildman–Crippen MR) is 90.8 cm³/mol. The largest absolute Gasteiger partial charge is 0.398 e. The number of nitrogens with zero attached hydrogens (tertiary/aromatic N) is 1. The lowest BCUT2D eigenvalue weighted by molar-refractivity contribution is 0.314. The summed E-state index contributed by atoms with van der Waals surface area (Å²) in [4.78, 5) is 2.19. The highest BCUT2D eigenvalue weighted by Gasteiger charge is 2.25. The Balaban J connectivity index is 3.16. The number of halogens is 1. The molecular weight excluding hydrogens is 354 g/mol. The lowest BCUT2D eigenvalue weighted by Gasteiger charge is -2.26. The standard InChI is InChI=1S/C14H24BrN3O2S/c1-9(2)13(8-18(4)5)17-21(19,20)14-7-11(15)6-12(16)10(14)3/h6-7,9,13,17H,8,16H2,1-5H3. The third-order valence-corrected chi connectivity index (χ3v) is 5.40. The van der Waals surface area contributed by atoms with Gasteiger partial charge in [0.1, 0.15) is 0 Å². The van der Waals surface area contributed by atoms with Crippen LogP contribution in [0.3, 0.4) is 0 Å². The molecule has 5 nitrogen and oxygen atoms in total. The molecule has 0 radical (unpaired) electrons. The fourth-order valence-corrected chi connectivity index (χ4v) is 4.30. The molecular formula is C14H24BrN3O2S. The smallest absolute Gasteiger partial charge is 0.241 e. The molecule has 0 heterocycles. The molecule has 1 rings (SSSR count). The van der Waals surface area contributed by atoms with Crippen LogP contribution >= 0.6 is 15.9 Å². The molecule has 0 fully saturated rings. The minimum atomic E-state index is -3.61. The highest BCUT2D eigenvalue weighted by atomic mass is 79.9. The monoisotopic (exact) mass is 377 g/mol. The summed E-state index contributed by atoms with van der Waals surface area (Å²) in [6.45, 7) is 6.35. The van der Waals surface area contributed by atoms with Crippen molar-refractivity contribution in [3.8, 4) is 0 Å². The number of nitrogen functional groups attached to an aromatic ring is 1. The summed E-state index contributed by atoms with van der Waals surface area (Å²) in [5.41, 5.74) is 6.88. The number of hydrogen-bond donors (Lipinski definition) is 2. The number of sulfonamides is 1. The SMILES string of the molecule is Cc1c(N)cc(Br)cc1S(=O)(=O)NC(CN(C)C)C(C)C. The van der Waals surface area contributed by atoms with Crippen molar-refractivity contribution in [3.05, 3.63) is 22.2 Å².